The summed E-state index contributed by atoms with van der Waals surface area (Å²) < 4.78 is 5.51. The molecule has 0 aromatic heterocycles. The van der Waals surface area contributed by atoms with E-state index < -0.39 is 18.0 Å². The highest BCUT2D eigenvalue weighted by atomic mass is 16.5. The Balaban J connectivity index is 2.81. The molecule has 0 aliphatic carbocycles. The van der Waals surface area contributed by atoms with Gasteiger partial charge in [-0.3, -0.25) is 4.79 Å². The van der Waals surface area contributed by atoms with Crippen molar-refractivity contribution in [3.63, 3.8) is 0 Å². The zero-order valence-electron chi connectivity index (χ0n) is 11.7. The number of hydrogen-bond acceptors (Lipinski definition) is 3. The summed E-state index contributed by atoms with van der Waals surface area (Å²) in [7, 11) is 0. The number of rotatable bonds is 7. The number of carboxylic acids is 1. The predicted molar refractivity (Wildman–Crippen MR) is 73.2 cm³/mol. The van der Waals surface area contributed by atoms with E-state index in [4.69, 9.17) is 9.84 Å². The number of aliphatic carboxylic acids is 1. The molecular weight excluding hydrogens is 244 g/mol. The monoisotopic (exact) mass is 266 g/mol. The summed E-state index contributed by atoms with van der Waals surface area (Å²) in [5.41, 5.74) is 0.608. The maximum Gasteiger partial charge on any atom is 0.309 e. The number of ether oxygens (including phenoxy) is 1. The van der Waals surface area contributed by atoms with E-state index in [0.29, 0.717) is 17.7 Å². The van der Waals surface area contributed by atoms with Crippen LogP contribution < -0.4 is 4.74 Å². The summed E-state index contributed by atoms with van der Waals surface area (Å²) in [6, 6.07) is 6.94. The second-order valence-electron chi connectivity index (χ2n) is 4.91. The molecule has 4 heteroatoms. The number of carboxylic acid groups (broad SMARTS) is 1. The molecule has 0 aliphatic heterocycles. The van der Waals surface area contributed by atoms with Crippen LogP contribution >= 0.6 is 0 Å². The number of benzene rings is 1. The number of hydrogen-bond donors (Lipinski definition) is 2. The maximum absolute atomic E-state index is 11.1. The van der Waals surface area contributed by atoms with Crippen LogP contribution in [-0.2, 0) is 4.79 Å². The van der Waals surface area contributed by atoms with Crippen molar-refractivity contribution in [1.82, 2.24) is 0 Å². The van der Waals surface area contributed by atoms with Crippen LogP contribution in [0.3, 0.4) is 0 Å². The standard InChI is InChI=1S/C15H22O4/c1-4-5-13(15(17)18)14(16)11-6-8-12(9-7-11)19-10(2)3/h6-10,13-14,16H,4-5H2,1-3H3,(H,17,18). The van der Waals surface area contributed by atoms with Crippen molar-refractivity contribution in [2.75, 3.05) is 0 Å². The highest BCUT2D eigenvalue weighted by molar-refractivity contribution is 5.71. The Morgan fingerprint density at radius 1 is 1.26 bits per heavy atom. The molecule has 0 radical (unpaired) electrons. The normalized spacial score (nSPS) is 14.2. The zero-order valence-corrected chi connectivity index (χ0v) is 11.7. The molecule has 0 fully saturated rings. The van der Waals surface area contributed by atoms with Crippen molar-refractivity contribution in [2.45, 2.75) is 45.8 Å². The highest BCUT2D eigenvalue weighted by Crippen LogP contribution is 2.27. The molecule has 1 aromatic carbocycles. The Bertz CT molecular complexity index is 397. The lowest BCUT2D eigenvalue weighted by Crippen LogP contribution is -2.21. The van der Waals surface area contributed by atoms with E-state index in [1.165, 1.54) is 0 Å². The van der Waals surface area contributed by atoms with Gasteiger partial charge < -0.3 is 14.9 Å². The minimum absolute atomic E-state index is 0.0858. The largest absolute Gasteiger partial charge is 0.491 e. The van der Waals surface area contributed by atoms with Crippen LogP contribution in [0.5, 0.6) is 5.75 Å². The summed E-state index contributed by atoms with van der Waals surface area (Å²) in [5, 5.41) is 19.3. The second kappa shape index (κ2) is 7.14. The van der Waals surface area contributed by atoms with Crippen molar-refractivity contribution in [3.05, 3.63) is 29.8 Å². The Hall–Kier alpha value is -1.55. The fourth-order valence-corrected chi connectivity index (χ4v) is 1.98. The van der Waals surface area contributed by atoms with Crippen LogP contribution in [0.4, 0.5) is 0 Å². The van der Waals surface area contributed by atoms with E-state index in [9.17, 15) is 9.90 Å². The first-order chi connectivity index (χ1) is 8.95. The predicted octanol–water partition coefficient (Wildman–Crippen LogP) is 3.01. The minimum Gasteiger partial charge on any atom is -0.491 e. The average Bonchev–Trinajstić information content (AvgIpc) is 2.35. The summed E-state index contributed by atoms with van der Waals surface area (Å²) in [4.78, 5) is 11.1. The minimum atomic E-state index is -0.981. The quantitative estimate of drug-likeness (QED) is 0.796. The van der Waals surface area contributed by atoms with Crippen molar-refractivity contribution in [2.24, 2.45) is 5.92 Å². The smallest absolute Gasteiger partial charge is 0.309 e. The molecule has 0 bridgehead atoms. The SMILES string of the molecule is CCCC(C(=O)O)C(O)c1ccc(OC(C)C)cc1. The van der Waals surface area contributed by atoms with Gasteiger partial charge in [-0.25, -0.2) is 0 Å². The molecule has 1 rings (SSSR count). The molecule has 0 heterocycles. The molecule has 0 aliphatic rings. The average molecular weight is 266 g/mol. The van der Waals surface area contributed by atoms with Crippen molar-refractivity contribution in [3.8, 4) is 5.75 Å². The third-order valence-corrected chi connectivity index (χ3v) is 2.89. The summed E-state index contributed by atoms with van der Waals surface area (Å²) in [6.45, 7) is 5.77. The van der Waals surface area contributed by atoms with Gasteiger partial charge in [-0.15, -0.1) is 0 Å². The van der Waals surface area contributed by atoms with E-state index in [-0.39, 0.29) is 6.10 Å². The van der Waals surface area contributed by atoms with Crippen molar-refractivity contribution < 1.29 is 19.7 Å². The molecule has 106 valence electrons. The summed E-state index contributed by atoms with van der Waals surface area (Å²) >= 11 is 0. The molecule has 19 heavy (non-hydrogen) atoms. The Morgan fingerprint density at radius 3 is 2.26 bits per heavy atom. The summed E-state index contributed by atoms with van der Waals surface area (Å²) in [6.07, 6.45) is 0.289. The zero-order chi connectivity index (χ0) is 14.4. The molecule has 2 unspecified atom stereocenters. The van der Waals surface area contributed by atoms with E-state index in [2.05, 4.69) is 0 Å². The Labute approximate surface area is 114 Å². The summed E-state index contributed by atoms with van der Waals surface area (Å²) in [5.74, 6) is -1.01. The molecule has 1 aromatic rings. The van der Waals surface area contributed by atoms with Crippen LogP contribution in [0.25, 0.3) is 0 Å². The van der Waals surface area contributed by atoms with Gasteiger partial charge in [-0.1, -0.05) is 25.5 Å². The number of aliphatic hydroxyl groups is 1. The van der Waals surface area contributed by atoms with Gasteiger partial charge in [0.15, 0.2) is 0 Å². The van der Waals surface area contributed by atoms with Crippen LogP contribution in [0, 0.1) is 5.92 Å². The molecule has 0 spiro atoms. The molecule has 0 saturated heterocycles. The molecule has 4 nitrogen and oxygen atoms in total. The number of aliphatic hydroxyl groups excluding tert-OH is 1. The van der Waals surface area contributed by atoms with Gasteiger partial charge in [0.2, 0.25) is 0 Å². The lowest BCUT2D eigenvalue weighted by atomic mass is 9.92. The molecule has 0 saturated carbocycles. The van der Waals surface area contributed by atoms with Gasteiger partial charge in [0.25, 0.3) is 0 Å². The first kappa shape index (κ1) is 15.5. The third kappa shape index (κ3) is 4.56. The molecule has 0 amide bonds. The van der Waals surface area contributed by atoms with E-state index in [0.717, 1.165) is 6.42 Å². The fourth-order valence-electron chi connectivity index (χ4n) is 1.98. The van der Waals surface area contributed by atoms with Gasteiger partial charge in [-0.05, 0) is 38.0 Å². The van der Waals surface area contributed by atoms with Crippen molar-refractivity contribution >= 4 is 5.97 Å². The van der Waals surface area contributed by atoms with E-state index in [1.54, 1.807) is 24.3 Å². The highest BCUT2D eigenvalue weighted by Gasteiger charge is 2.26. The lowest BCUT2D eigenvalue weighted by Gasteiger charge is -2.19. The third-order valence-electron chi connectivity index (χ3n) is 2.89. The molecule has 2 N–H and O–H groups in total. The van der Waals surface area contributed by atoms with Crippen LogP contribution in [0.1, 0.15) is 45.3 Å². The van der Waals surface area contributed by atoms with Gasteiger partial charge in [0.05, 0.1) is 18.1 Å². The van der Waals surface area contributed by atoms with Gasteiger partial charge in [0, 0.05) is 0 Å². The van der Waals surface area contributed by atoms with Gasteiger partial charge in [0.1, 0.15) is 5.75 Å². The van der Waals surface area contributed by atoms with Crippen LogP contribution in [-0.4, -0.2) is 22.3 Å². The van der Waals surface area contributed by atoms with Gasteiger partial charge >= 0.3 is 5.97 Å². The Kier molecular flexibility index (Phi) is 5.83. The molecule has 2 atom stereocenters. The van der Waals surface area contributed by atoms with E-state index >= 15 is 0 Å². The van der Waals surface area contributed by atoms with Crippen LogP contribution in [0.2, 0.25) is 0 Å². The van der Waals surface area contributed by atoms with E-state index in [1.807, 2.05) is 20.8 Å². The molecular formula is C15H22O4. The number of carbonyl (C=O) groups is 1. The fraction of sp³-hybridized carbons (Fsp3) is 0.533. The lowest BCUT2D eigenvalue weighted by molar-refractivity contribution is -0.146. The Morgan fingerprint density at radius 2 is 1.84 bits per heavy atom. The topological polar surface area (TPSA) is 66.8 Å². The maximum atomic E-state index is 11.1. The second-order valence-corrected chi connectivity index (χ2v) is 4.91. The first-order valence-electron chi connectivity index (χ1n) is 6.63. The van der Waals surface area contributed by atoms with Crippen LogP contribution in [0.15, 0.2) is 24.3 Å². The van der Waals surface area contributed by atoms with Crippen molar-refractivity contribution in [1.29, 1.82) is 0 Å². The first-order valence-corrected chi connectivity index (χ1v) is 6.63. The van der Waals surface area contributed by atoms with Gasteiger partial charge in [-0.2, -0.15) is 0 Å².